The number of carbonyl (C=O) groups is 1. The highest BCUT2D eigenvalue weighted by molar-refractivity contribution is 5.97. The van der Waals surface area contributed by atoms with Crippen LogP contribution in [0.25, 0.3) is 12.2 Å². The third-order valence-electron chi connectivity index (χ3n) is 4.78. The summed E-state index contributed by atoms with van der Waals surface area (Å²) in [5.74, 6) is -0.732. The number of rotatable bonds is 5. The number of esters is 1. The van der Waals surface area contributed by atoms with Crippen molar-refractivity contribution in [2.75, 3.05) is 5.32 Å². The van der Waals surface area contributed by atoms with Crippen molar-refractivity contribution >= 4 is 29.5 Å². The van der Waals surface area contributed by atoms with E-state index in [-0.39, 0.29) is 5.82 Å². The molecule has 0 bridgehead atoms. The Bertz CT molecular complexity index is 1110. The van der Waals surface area contributed by atoms with Crippen molar-refractivity contribution in [1.29, 1.82) is 0 Å². The predicted molar refractivity (Wildman–Crippen MR) is 126 cm³/mol. The van der Waals surface area contributed by atoms with Crippen LogP contribution in [0.15, 0.2) is 60.7 Å². The van der Waals surface area contributed by atoms with E-state index < -0.39 is 11.6 Å². The maximum atomic E-state index is 13.3. The van der Waals surface area contributed by atoms with Crippen LogP contribution in [0.3, 0.4) is 0 Å². The lowest BCUT2D eigenvalue weighted by atomic mass is 10.0. The van der Waals surface area contributed by atoms with Gasteiger partial charge in [-0.25, -0.2) is 9.18 Å². The molecule has 3 aromatic rings. The summed E-state index contributed by atoms with van der Waals surface area (Å²) in [4.78, 5) is 12.7. The van der Waals surface area contributed by atoms with Crippen molar-refractivity contribution in [1.82, 2.24) is 0 Å². The topological polar surface area (TPSA) is 38.3 Å². The number of hydrogen-bond acceptors (Lipinski definition) is 3. The Labute approximate surface area is 183 Å². The highest BCUT2D eigenvalue weighted by Crippen LogP contribution is 2.26. The molecule has 31 heavy (non-hydrogen) atoms. The maximum absolute atomic E-state index is 13.3. The molecular weight excluding hydrogens is 389 g/mol. The molecule has 0 fully saturated rings. The summed E-state index contributed by atoms with van der Waals surface area (Å²) >= 11 is 0. The van der Waals surface area contributed by atoms with Crippen molar-refractivity contribution < 1.29 is 13.9 Å². The fourth-order valence-corrected chi connectivity index (χ4v) is 3.03. The molecule has 0 aliphatic carbocycles. The minimum atomic E-state index is -0.605. The van der Waals surface area contributed by atoms with Crippen LogP contribution < -0.4 is 5.32 Å². The first-order valence-electron chi connectivity index (χ1n) is 10.3. The molecule has 4 heteroatoms. The Morgan fingerprint density at radius 3 is 2.10 bits per heavy atom. The van der Waals surface area contributed by atoms with Gasteiger partial charge in [0, 0.05) is 5.69 Å². The number of benzene rings is 3. The van der Waals surface area contributed by atoms with Gasteiger partial charge in [0.15, 0.2) is 0 Å². The van der Waals surface area contributed by atoms with E-state index >= 15 is 0 Å². The molecule has 0 amide bonds. The van der Waals surface area contributed by atoms with Crippen LogP contribution >= 0.6 is 0 Å². The Morgan fingerprint density at radius 2 is 1.48 bits per heavy atom. The smallest absolute Gasteiger partial charge is 0.340 e. The molecule has 3 rings (SSSR count). The third kappa shape index (κ3) is 6.29. The standard InChI is InChI=1S/C27H28FNO2/c1-18-6-7-20(16-19(18)2)8-9-21-10-15-24(26(30)31-27(3,4)5)25(17-21)29-23-13-11-22(28)12-14-23/h6-17,29H,1-5H3. The van der Waals surface area contributed by atoms with Crippen LogP contribution in [-0.4, -0.2) is 11.6 Å². The van der Waals surface area contributed by atoms with Crippen molar-refractivity contribution in [2.24, 2.45) is 0 Å². The molecule has 0 spiro atoms. The van der Waals surface area contributed by atoms with Gasteiger partial charge >= 0.3 is 5.97 Å². The molecule has 0 saturated heterocycles. The SMILES string of the molecule is Cc1ccc(C=Cc2ccc(C(=O)OC(C)(C)C)c(Nc3ccc(F)cc3)c2)cc1C. The molecule has 1 N–H and O–H groups in total. The fraction of sp³-hybridized carbons (Fsp3) is 0.222. The molecule has 3 nitrogen and oxygen atoms in total. The second-order valence-corrected chi connectivity index (χ2v) is 8.62. The number of hydrogen-bond donors (Lipinski definition) is 1. The zero-order valence-corrected chi connectivity index (χ0v) is 18.6. The van der Waals surface area contributed by atoms with Crippen LogP contribution in [0.5, 0.6) is 0 Å². The average molecular weight is 418 g/mol. The molecule has 0 atom stereocenters. The minimum Gasteiger partial charge on any atom is -0.456 e. The molecule has 0 aliphatic rings. The number of aryl methyl sites for hydroxylation is 2. The largest absolute Gasteiger partial charge is 0.456 e. The number of carbonyl (C=O) groups excluding carboxylic acids is 1. The van der Waals surface area contributed by atoms with Gasteiger partial charge in [0.1, 0.15) is 11.4 Å². The molecular formula is C27H28FNO2. The van der Waals surface area contributed by atoms with E-state index in [0.29, 0.717) is 16.9 Å². The van der Waals surface area contributed by atoms with Crippen molar-refractivity contribution in [2.45, 2.75) is 40.2 Å². The predicted octanol–water partition coefficient (Wildman–Crippen LogP) is 7.31. The van der Waals surface area contributed by atoms with Crippen LogP contribution in [0.1, 0.15) is 53.4 Å². The molecule has 0 heterocycles. The monoisotopic (exact) mass is 417 g/mol. The molecule has 0 unspecified atom stereocenters. The van der Waals surface area contributed by atoms with E-state index in [2.05, 4.69) is 37.4 Å². The zero-order valence-electron chi connectivity index (χ0n) is 18.6. The average Bonchev–Trinajstić information content (AvgIpc) is 2.69. The van der Waals surface area contributed by atoms with Crippen LogP contribution in [-0.2, 0) is 4.74 Å². The van der Waals surface area contributed by atoms with E-state index in [0.717, 1.165) is 11.1 Å². The highest BCUT2D eigenvalue weighted by Gasteiger charge is 2.20. The van der Waals surface area contributed by atoms with E-state index in [1.165, 1.54) is 23.3 Å². The maximum Gasteiger partial charge on any atom is 0.340 e. The zero-order chi connectivity index (χ0) is 22.6. The van der Waals surface area contributed by atoms with Gasteiger partial charge in [-0.05, 0) is 93.3 Å². The summed E-state index contributed by atoms with van der Waals surface area (Å²) in [6, 6.07) is 17.8. The quantitative estimate of drug-likeness (QED) is 0.349. The van der Waals surface area contributed by atoms with Gasteiger partial charge in [0.2, 0.25) is 0 Å². The normalized spacial score (nSPS) is 11.5. The Kier molecular flexibility index (Phi) is 6.59. The lowest BCUT2D eigenvalue weighted by Crippen LogP contribution is -2.24. The first-order chi connectivity index (χ1) is 14.6. The Balaban J connectivity index is 1.94. The highest BCUT2D eigenvalue weighted by atomic mass is 19.1. The number of halogens is 1. The summed E-state index contributed by atoms with van der Waals surface area (Å²) in [5.41, 5.74) is 5.62. The van der Waals surface area contributed by atoms with Gasteiger partial charge in [-0.1, -0.05) is 36.4 Å². The summed E-state index contributed by atoms with van der Waals surface area (Å²) < 4.78 is 18.8. The third-order valence-corrected chi connectivity index (χ3v) is 4.78. The molecule has 3 aromatic carbocycles. The van der Waals surface area contributed by atoms with Gasteiger partial charge in [-0.15, -0.1) is 0 Å². The van der Waals surface area contributed by atoms with E-state index in [1.54, 1.807) is 18.2 Å². The van der Waals surface area contributed by atoms with Crippen molar-refractivity contribution in [3.05, 3.63) is 94.3 Å². The van der Waals surface area contributed by atoms with Crippen molar-refractivity contribution in [3.63, 3.8) is 0 Å². The fourth-order valence-electron chi connectivity index (χ4n) is 3.03. The number of nitrogens with one attached hydrogen (secondary N) is 1. The number of anilines is 2. The number of ether oxygens (including phenoxy) is 1. The van der Waals surface area contributed by atoms with Gasteiger partial charge in [-0.3, -0.25) is 0 Å². The molecule has 0 saturated carbocycles. The molecule has 0 aromatic heterocycles. The Morgan fingerprint density at radius 1 is 0.871 bits per heavy atom. The Hall–Kier alpha value is -3.40. The van der Waals surface area contributed by atoms with Crippen LogP contribution in [0, 0.1) is 19.7 Å². The van der Waals surface area contributed by atoms with E-state index in [1.807, 2.05) is 45.1 Å². The van der Waals surface area contributed by atoms with Crippen LogP contribution in [0.4, 0.5) is 15.8 Å². The molecule has 0 aliphatic heterocycles. The summed E-state index contributed by atoms with van der Waals surface area (Å²) in [5, 5.41) is 3.22. The van der Waals surface area contributed by atoms with Gasteiger partial charge < -0.3 is 10.1 Å². The second-order valence-electron chi connectivity index (χ2n) is 8.62. The first-order valence-corrected chi connectivity index (χ1v) is 10.3. The van der Waals surface area contributed by atoms with Gasteiger partial charge in [-0.2, -0.15) is 0 Å². The van der Waals surface area contributed by atoms with Gasteiger partial charge in [0.05, 0.1) is 11.3 Å². The second kappa shape index (κ2) is 9.17. The first kappa shape index (κ1) is 22.3. The summed E-state index contributed by atoms with van der Waals surface area (Å²) in [6.45, 7) is 9.68. The van der Waals surface area contributed by atoms with Crippen molar-refractivity contribution in [3.8, 4) is 0 Å². The lowest BCUT2D eigenvalue weighted by molar-refractivity contribution is 0.00707. The van der Waals surface area contributed by atoms with E-state index in [9.17, 15) is 9.18 Å². The summed E-state index contributed by atoms with van der Waals surface area (Å²) in [7, 11) is 0. The lowest BCUT2D eigenvalue weighted by Gasteiger charge is -2.21. The van der Waals surface area contributed by atoms with Gasteiger partial charge in [0.25, 0.3) is 0 Å². The summed E-state index contributed by atoms with van der Waals surface area (Å²) in [6.07, 6.45) is 4.04. The minimum absolute atomic E-state index is 0.317. The molecule has 160 valence electrons. The van der Waals surface area contributed by atoms with E-state index in [4.69, 9.17) is 4.74 Å². The molecule has 0 radical (unpaired) electrons. The van der Waals surface area contributed by atoms with Crippen LogP contribution in [0.2, 0.25) is 0 Å².